The zero-order valence-corrected chi connectivity index (χ0v) is 28.1. The number of aliphatic hydroxyl groups is 5. The van der Waals surface area contributed by atoms with Crippen LogP contribution in [0.15, 0.2) is 23.3 Å². The van der Waals surface area contributed by atoms with Crippen molar-refractivity contribution < 1.29 is 39.9 Å². The Hall–Kier alpha value is -1.58. The Bertz CT molecular complexity index is 1060. The molecule has 4 aliphatic carbocycles. The number of Topliss-reactive ketones (excluding diaryl/α,β-unsaturated/α-hetero) is 1. The van der Waals surface area contributed by atoms with Gasteiger partial charge in [-0.1, -0.05) is 104 Å². The van der Waals surface area contributed by atoms with E-state index < -0.39 is 57.8 Å². The van der Waals surface area contributed by atoms with Gasteiger partial charge in [0.1, 0.15) is 11.2 Å². The Balaban J connectivity index is 0.000000260. The molecular weight excluding hydrogens is 560 g/mol. The summed E-state index contributed by atoms with van der Waals surface area (Å²) in [7, 11) is 0. The molecule has 2 saturated carbocycles. The molecule has 0 aromatic heterocycles. The van der Waals surface area contributed by atoms with Crippen LogP contribution in [0.2, 0.25) is 0 Å². The highest BCUT2D eigenvalue weighted by molar-refractivity contribution is 6.04. The van der Waals surface area contributed by atoms with Crippen LogP contribution in [-0.4, -0.2) is 73.4 Å². The minimum atomic E-state index is -1.84. The fraction of sp³-hybridized carbons (Fsp3) is 0.833. The van der Waals surface area contributed by atoms with Gasteiger partial charge >= 0.3 is 5.97 Å². The van der Waals surface area contributed by atoms with E-state index in [2.05, 4.69) is 6.92 Å². The van der Waals surface area contributed by atoms with Crippen LogP contribution in [0.5, 0.6) is 0 Å². The molecular formula is C36H60O8. The van der Waals surface area contributed by atoms with Crippen LogP contribution in [0.25, 0.3) is 0 Å². The summed E-state index contributed by atoms with van der Waals surface area (Å²) >= 11 is 0. The van der Waals surface area contributed by atoms with Gasteiger partial charge in [0.2, 0.25) is 0 Å². The maximum atomic E-state index is 12.7. The number of hydrogen-bond acceptors (Lipinski definition) is 8. The molecule has 0 heterocycles. The molecule has 0 unspecified atom stereocenters. The van der Waals surface area contributed by atoms with Crippen LogP contribution in [-0.2, 0) is 14.3 Å². The summed E-state index contributed by atoms with van der Waals surface area (Å²) in [5, 5.41) is 54.9. The predicted octanol–water partition coefficient (Wildman–Crippen LogP) is 5.18. The van der Waals surface area contributed by atoms with Gasteiger partial charge in [0.25, 0.3) is 0 Å². The van der Waals surface area contributed by atoms with E-state index in [1.165, 1.54) is 64.2 Å². The smallest absolute Gasteiger partial charge is 0.305 e. The molecule has 5 N–H and O–H groups in total. The molecule has 8 nitrogen and oxygen atoms in total. The Morgan fingerprint density at radius 1 is 0.932 bits per heavy atom. The van der Waals surface area contributed by atoms with E-state index in [1.54, 1.807) is 26.0 Å². The number of unbranched alkanes of at least 4 members (excludes halogenated alkanes) is 10. The molecule has 0 radical (unpaired) electrons. The molecule has 4 aliphatic rings. The van der Waals surface area contributed by atoms with Crippen molar-refractivity contribution in [2.24, 2.45) is 29.1 Å². The molecule has 44 heavy (non-hydrogen) atoms. The van der Waals surface area contributed by atoms with Gasteiger partial charge < -0.3 is 30.3 Å². The Kier molecular flexibility index (Phi) is 12.5. The zero-order chi connectivity index (χ0) is 32.9. The van der Waals surface area contributed by atoms with E-state index in [0.29, 0.717) is 24.2 Å². The molecule has 0 aliphatic heterocycles. The molecule has 0 spiro atoms. The maximum absolute atomic E-state index is 12.7. The van der Waals surface area contributed by atoms with E-state index in [-0.39, 0.29) is 19.0 Å². The summed E-state index contributed by atoms with van der Waals surface area (Å²) in [6.07, 6.45) is 17.2. The number of hydrogen-bond donors (Lipinski definition) is 5. The summed E-state index contributed by atoms with van der Waals surface area (Å²) in [6, 6.07) is 0. The highest BCUT2D eigenvalue weighted by atomic mass is 16.5. The molecule has 252 valence electrons. The van der Waals surface area contributed by atoms with Crippen LogP contribution < -0.4 is 0 Å². The summed E-state index contributed by atoms with van der Waals surface area (Å²) in [4.78, 5) is 23.8. The molecule has 0 amide bonds. The van der Waals surface area contributed by atoms with Gasteiger partial charge in [0, 0.05) is 41.9 Å². The first-order valence-electron chi connectivity index (χ1n) is 17.2. The first-order chi connectivity index (χ1) is 20.7. The molecule has 0 aromatic rings. The van der Waals surface area contributed by atoms with Crippen molar-refractivity contribution in [3.05, 3.63) is 23.3 Å². The van der Waals surface area contributed by atoms with E-state index in [9.17, 15) is 35.1 Å². The number of rotatable bonds is 14. The lowest BCUT2D eigenvalue weighted by Crippen LogP contribution is -2.65. The van der Waals surface area contributed by atoms with E-state index >= 15 is 0 Å². The Morgan fingerprint density at radius 3 is 2.00 bits per heavy atom. The molecule has 0 bridgehead atoms. The number of aliphatic hydroxyl groups excluding tert-OH is 2. The van der Waals surface area contributed by atoms with Gasteiger partial charge in [-0.15, -0.1) is 0 Å². The van der Waals surface area contributed by atoms with Gasteiger partial charge in [0.05, 0.1) is 24.9 Å². The van der Waals surface area contributed by atoms with Gasteiger partial charge in [-0.25, -0.2) is 0 Å². The second-order valence-electron chi connectivity index (χ2n) is 14.5. The number of carbonyl (C=O) groups is 2. The lowest BCUT2D eigenvalue weighted by Gasteiger charge is -2.51. The van der Waals surface area contributed by atoms with Crippen LogP contribution in [0.1, 0.15) is 125 Å². The van der Waals surface area contributed by atoms with Crippen molar-refractivity contribution in [2.75, 3.05) is 13.2 Å². The van der Waals surface area contributed by atoms with E-state index in [1.807, 2.05) is 20.8 Å². The number of fused-ring (bicyclic) bond motifs is 5. The highest BCUT2D eigenvalue weighted by Gasteiger charge is 2.84. The van der Waals surface area contributed by atoms with Crippen molar-refractivity contribution in [3.8, 4) is 0 Å². The van der Waals surface area contributed by atoms with E-state index in [4.69, 9.17) is 4.74 Å². The standard InChI is InChI=1S/C20H28O6.C16H32O2/c1-9-5-13-18(24,15(9)22)7-11(8-21)6-12-14-17(3,4)20(14,26)16(23)10(2)19(12,13)25;1-3-5-6-7-8-9-10-11-12-13-14-15-16(17)18-4-2/h5-6,10,12-14,16,21,23-26H,7-8H2,1-4H3;3-15H2,1-2H3/t10-,12+,13-,14-,16-,18+,19+,20+;/m1./s1. The lowest BCUT2D eigenvalue weighted by molar-refractivity contribution is -0.209. The summed E-state index contributed by atoms with van der Waals surface area (Å²) < 4.78 is 4.89. The maximum Gasteiger partial charge on any atom is 0.305 e. The minimum absolute atomic E-state index is 0.0339. The summed E-state index contributed by atoms with van der Waals surface area (Å²) in [5.41, 5.74) is -4.57. The number of carbonyl (C=O) groups excluding carboxylic acids is 2. The van der Waals surface area contributed by atoms with Crippen molar-refractivity contribution in [1.82, 2.24) is 0 Å². The molecule has 0 saturated heterocycles. The highest BCUT2D eigenvalue weighted by Crippen LogP contribution is 2.74. The Morgan fingerprint density at radius 2 is 1.48 bits per heavy atom. The topological polar surface area (TPSA) is 145 Å². The third-order valence-electron chi connectivity index (χ3n) is 11.3. The average molecular weight is 621 g/mol. The van der Waals surface area contributed by atoms with Crippen LogP contribution in [0.4, 0.5) is 0 Å². The lowest BCUT2D eigenvalue weighted by atomic mass is 9.59. The minimum Gasteiger partial charge on any atom is -0.466 e. The van der Waals surface area contributed by atoms with Crippen molar-refractivity contribution >= 4 is 11.8 Å². The largest absolute Gasteiger partial charge is 0.466 e. The molecule has 2 fully saturated rings. The quantitative estimate of drug-likeness (QED) is 0.102. The summed E-state index contributed by atoms with van der Waals surface area (Å²) in [5.74, 6) is -3.17. The van der Waals surface area contributed by atoms with E-state index in [0.717, 1.165) is 6.42 Å². The molecule has 0 aromatic carbocycles. The third-order valence-corrected chi connectivity index (χ3v) is 11.3. The summed E-state index contributed by atoms with van der Waals surface area (Å²) in [6.45, 7) is 11.3. The monoisotopic (exact) mass is 620 g/mol. The molecule has 8 atom stereocenters. The van der Waals surface area contributed by atoms with Crippen molar-refractivity contribution in [1.29, 1.82) is 0 Å². The van der Waals surface area contributed by atoms with Crippen LogP contribution >= 0.6 is 0 Å². The normalized spacial score (nSPS) is 36.5. The number of ether oxygens (including phenoxy) is 1. The fourth-order valence-electron chi connectivity index (χ4n) is 8.61. The van der Waals surface area contributed by atoms with Crippen LogP contribution in [0.3, 0.4) is 0 Å². The molecule has 4 rings (SSSR count). The number of ketones is 1. The predicted molar refractivity (Wildman–Crippen MR) is 171 cm³/mol. The van der Waals surface area contributed by atoms with Gasteiger partial charge in [-0.05, 0) is 31.4 Å². The van der Waals surface area contributed by atoms with Crippen molar-refractivity contribution in [2.45, 2.75) is 148 Å². The second kappa shape index (κ2) is 14.9. The Labute approximate surface area is 265 Å². The van der Waals surface area contributed by atoms with Gasteiger partial charge in [-0.3, -0.25) is 9.59 Å². The second-order valence-corrected chi connectivity index (χ2v) is 14.5. The SMILES string of the molecule is CC1=C[C@H]2[C@]3(O)[C@H](C)[C@@H](O)[C@@]4(O)[C@H]([C@@H]3C=C(CO)C[C@@]2(O)C1=O)C4(C)C.CCCCCCCCCCCCCC(=O)OCC. The molecule has 8 heteroatoms. The fourth-order valence-corrected chi connectivity index (χ4v) is 8.61. The average Bonchev–Trinajstić information content (AvgIpc) is 3.38. The van der Waals surface area contributed by atoms with Gasteiger partial charge in [-0.2, -0.15) is 0 Å². The van der Waals surface area contributed by atoms with Gasteiger partial charge in [0.15, 0.2) is 5.78 Å². The third kappa shape index (κ3) is 6.76. The first kappa shape index (κ1) is 36.9. The van der Waals surface area contributed by atoms with Crippen molar-refractivity contribution in [3.63, 3.8) is 0 Å². The zero-order valence-electron chi connectivity index (χ0n) is 28.1. The van der Waals surface area contributed by atoms with Crippen LogP contribution in [0, 0.1) is 29.1 Å². The first-order valence-corrected chi connectivity index (χ1v) is 17.2. The number of esters is 1.